The molecule has 0 saturated heterocycles. The van der Waals surface area contributed by atoms with Gasteiger partial charge in [0.2, 0.25) is 0 Å². The van der Waals surface area contributed by atoms with Gasteiger partial charge in [0.15, 0.2) is 0 Å². The summed E-state index contributed by atoms with van der Waals surface area (Å²) in [4.78, 5) is 11.3. The minimum Gasteiger partial charge on any atom is -0.495 e. The van der Waals surface area contributed by atoms with Crippen LogP contribution in [0, 0.1) is 11.3 Å². The summed E-state index contributed by atoms with van der Waals surface area (Å²) < 4.78 is 9.92. The second kappa shape index (κ2) is 8.46. The van der Waals surface area contributed by atoms with Crippen LogP contribution in [0.15, 0.2) is 18.2 Å². The van der Waals surface area contributed by atoms with E-state index in [1.54, 1.807) is 19.1 Å². The number of carbonyl (C=O) groups is 1. The normalized spacial score (nSPS) is 11.5. The fraction of sp³-hybridized carbons (Fsp3) is 0.429. The van der Waals surface area contributed by atoms with Crippen LogP contribution < -0.4 is 10.5 Å². The Balaban J connectivity index is 2.50. The molecule has 6 heteroatoms. The molecule has 1 unspecified atom stereocenters. The molecule has 1 aromatic carbocycles. The minimum absolute atomic E-state index is 0.335. The molecular formula is C14H18N2O3S. The summed E-state index contributed by atoms with van der Waals surface area (Å²) >= 11 is 1.53. The van der Waals surface area contributed by atoms with E-state index in [2.05, 4.69) is 6.07 Å². The summed E-state index contributed by atoms with van der Waals surface area (Å²) in [5.74, 6) is 1.33. The SMILES string of the molecule is CCOC(=O)C(N)CSCc1ccc(OC)c(C#N)c1. The molecular weight excluding hydrogens is 276 g/mol. The van der Waals surface area contributed by atoms with Crippen LogP contribution in [0.4, 0.5) is 0 Å². The van der Waals surface area contributed by atoms with Crippen LogP contribution in [-0.2, 0) is 15.3 Å². The lowest BCUT2D eigenvalue weighted by Gasteiger charge is -2.10. The van der Waals surface area contributed by atoms with Gasteiger partial charge in [0.05, 0.1) is 19.3 Å². The molecule has 1 atom stereocenters. The number of methoxy groups -OCH3 is 1. The smallest absolute Gasteiger partial charge is 0.323 e. The van der Waals surface area contributed by atoms with Gasteiger partial charge in [0.25, 0.3) is 0 Å². The molecule has 0 aliphatic rings. The number of nitrogens with two attached hydrogens (primary N) is 1. The lowest BCUT2D eigenvalue weighted by atomic mass is 10.1. The van der Waals surface area contributed by atoms with Crippen LogP contribution in [-0.4, -0.2) is 31.5 Å². The predicted octanol–water partition coefficient (Wildman–Crippen LogP) is 1.69. The molecule has 0 radical (unpaired) electrons. The lowest BCUT2D eigenvalue weighted by molar-refractivity contribution is -0.144. The van der Waals surface area contributed by atoms with Crippen LogP contribution in [0.3, 0.4) is 0 Å². The highest BCUT2D eigenvalue weighted by molar-refractivity contribution is 7.98. The summed E-state index contributed by atoms with van der Waals surface area (Å²) in [5, 5.41) is 9.00. The van der Waals surface area contributed by atoms with Crippen LogP contribution in [0.25, 0.3) is 0 Å². The topological polar surface area (TPSA) is 85.3 Å². The Morgan fingerprint density at radius 3 is 2.90 bits per heavy atom. The van der Waals surface area contributed by atoms with E-state index >= 15 is 0 Å². The van der Waals surface area contributed by atoms with E-state index in [0.717, 1.165) is 5.56 Å². The third kappa shape index (κ3) is 4.76. The van der Waals surface area contributed by atoms with E-state index in [-0.39, 0.29) is 5.97 Å². The first kappa shape index (κ1) is 16.3. The van der Waals surface area contributed by atoms with E-state index in [0.29, 0.717) is 29.4 Å². The lowest BCUT2D eigenvalue weighted by Crippen LogP contribution is -2.34. The highest BCUT2D eigenvalue weighted by Crippen LogP contribution is 2.21. The van der Waals surface area contributed by atoms with Gasteiger partial charge in [-0.15, -0.1) is 0 Å². The van der Waals surface area contributed by atoms with E-state index in [1.165, 1.54) is 18.9 Å². The van der Waals surface area contributed by atoms with Crippen molar-refractivity contribution in [2.24, 2.45) is 5.73 Å². The number of hydrogen-bond acceptors (Lipinski definition) is 6. The molecule has 0 aromatic heterocycles. The van der Waals surface area contributed by atoms with E-state index in [1.807, 2.05) is 6.07 Å². The Hall–Kier alpha value is -1.71. The average Bonchev–Trinajstić information content (AvgIpc) is 2.47. The second-order valence-corrected chi connectivity index (χ2v) is 5.05. The second-order valence-electron chi connectivity index (χ2n) is 4.02. The summed E-state index contributed by atoms with van der Waals surface area (Å²) in [5.41, 5.74) is 7.19. The highest BCUT2D eigenvalue weighted by Gasteiger charge is 2.14. The van der Waals surface area contributed by atoms with Crippen molar-refractivity contribution in [2.45, 2.75) is 18.7 Å². The molecule has 108 valence electrons. The average molecular weight is 294 g/mol. The molecule has 0 bridgehead atoms. The summed E-state index contributed by atoms with van der Waals surface area (Å²) in [6, 6.07) is 6.91. The van der Waals surface area contributed by atoms with E-state index < -0.39 is 6.04 Å². The van der Waals surface area contributed by atoms with Crippen molar-refractivity contribution in [1.29, 1.82) is 5.26 Å². The van der Waals surface area contributed by atoms with Gasteiger partial charge >= 0.3 is 5.97 Å². The van der Waals surface area contributed by atoms with Crippen molar-refractivity contribution in [3.8, 4) is 11.8 Å². The number of ether oxygens (including phenoxy) is 2. The van der Waals surface area contributed by atoms with Gasteiger partial charge in [-0.3, -0.25) is 4.79 Å². The van der Waals surface area contributed by atoms with Gasteiger partial charge in [0, 0.05) is 11.5 Å². The minimum atomic E-state index is -0.617. The summed E-state index contributed by atoms with van der Waals surface area (Å²) in [6.45, 7) is 2.08. The molecule has 0 aliphatic carbocycles. The molecule has 0 amide bonds. The maximum Gasteiger partial charge on any atom is 0.323 e. The molecule has 0 saturated carbocycles. The third-order valence-electron chi connectivity index (χ3n) is 2.54. The largest absolute Gasteiger partial charge is 0.495 e. The Morgan fingerprint density at radius 1 is 1.55 bits per heavy atom. The fourth-order valence-electron chi connectivity index (χ4n) is 1.55. The van der Waals surface area contributed by atoms with Crippen molar-refractivity contribution >= 4 is 17.7 Å². The third-order valence-corrected chi connectivity index (χ3v) is 3.67. The van der Waals surface area contributed by atoms with Crippen LogP contribution in [0.2, 0.25) is 0 Å². The first-order valence-corrected chi connectivity index (χ1v) is 7.34. The first-order chi connectivity index (χ1) is 9.62. The Kier molecular flexibility index (Phi) is 6.91. The number of nitrogens with zero attached hydrogens (tertiary/aromatic N) is 1. The Morgan fingerprint density at radius 2 is 2.30 bits per heavy atom. The Labute approximate surface area is 123 Å². The fourth-order valence-corrected chi connectivity index (χ4v) is 2.48. The van der Waals surface area contributed by atoms with Crippen LogP contribution >= 0.6 is 11.8 Å². The van der Waals surface area contributed by atoms with Gasteiger partial charge in [0.1, 0.15) is 17.9 Å². The zero-order valence-electron chi connectivity index (χ0n) is 11.6. The molecule has 20 heavy (non-hydrogen) atoms. The number of carbonyl (C=O) groups excluding carboxylic acids is 1. The van der Waals surface area contributed by atoms with Crippen LogP contribution in [0.5, 0.6) is 5.75 Å². The van der Waals surface area contributed by atoms with Crippen molar-refractivity contribution < 1.29 is 14.3 Å². The van der Waals surface area contributed by atoms with E-state index in [4.69, 9.17) is 20.5 Å². The molecule has 0 spiro atoms. The number of hydrogen-bond donors (Lipinski definition) is 1. The number of benzene rings is 1. The monoisotopic (exact) mass is 294 g/mol. The predicted molar refractivity (Wildman–Crippen MR) is 78.5 cm³/mol. The summed E-state index contributed by atoms with van der Waals surface area (Å²) in [7, 11) is 1.53. The highest BCUT2D eigenvalue weighted by atomic mass is 32.2. The molecule has 2 N–H and O–H groups in total. The maximum absolute atomic E-state index is 11.3. The zero-order valence-corrected chi connectivity index (χ0v) is 12.4. The summed E-state index contributed by atoms with van der Waals surface area (Å²) in [6.07, 6.45) is 0. The van der Waals surface area contributed by atoms with Gasteiger partial charge in [-0.25, -0.2) is 0 Å². The number of thioether (sulfide) groups is 1. The van der Waals surface area contributed by atoms with Crippen molar-refractivity contribution in [3.05, 3.63) is 29.3 Å². The molecule has 0 heterocycles. The molecule has 1 aromatic rings. The number of rotatable bonds is 7. The van der Waals surface area contributed by atoms with Gasteiger partial charge in [-0.2, -0.15) is 17.0 Å². The zero-order chi connectivity index (χ0) is 15.0. The van der Waals surface area contributed by atoms with Gasteiger partial charge in [-0.1, -0.05) is 6.07 Å². The molecule has 5 nitrogen and oxygen atoms in total. The molecule has 0 fully saturated rings. The maximum atomic E-state index is 11.3. The molecule has 1 rings (SSSR count). The Bertz CT molecular complexity index is 500. The van der Waals surface area contributed by atoms with Gasteiger partial charge < -0.3 is 15.2 Å². The first-order valence-electron chi connectivity index (χ1n) is 6.19. The number of esters is 1. The van der Waals surface area contributed by atoms with Gasteiger partial charge in [-0.05, 0) is 24.6 Å². The molecule has 0 aliphatic heterocycles. The standard InChI is InChI=1S/C14H18N2O3S/c1-3-19-14(17)12(16)9-20-8-10-4-5-13(18-2)11(6-10)7-15/h4-6,12H,3,8-9,16H2,1-2H3. The van der Waals surface area contributed by atoms with Crippen molar-refractivity contribution in [2.75, 3.05) is 19.5 Å². The van der Waals surface area contributed by atoms with E-state index in [9.17, 15) is 4.79 Å². The van der Waals surface area contributed by atoms with Crippen molar-refractivity contribution in [1.82, 2.24) is 0 Å². The van der Waals surface area contributed by atoms with Crippen LogP contribution in [0.1, 0.15) is 18.1 Å². The number of nitriles is 1. The van der Waals surface area contributed by atoms with Crippen molar-refractivity contribution in [3.63, 3.8) is 0 Å². The quantitative estimate of drug-likeness (QED) is 0.770.